The molecule has 2 aliphatic heterocycles. The number of esters is 1. The number of para-hydroxylation sites is 1. The lowest BCUT2D eigenvalue weighted by atomic mass is 9.64. The molecular weight excluding hydrogens is 611 g/mol. The van der Waals surface area contributed by atoms with Crippen molar-refractivity contribution in [3.63, 3.8) is 0 Å². The minimum absolute atomic E-state index is 0.0296. The number of hydrogen-bond donors (Lipinski definition) is 2. The van der Waals surface area contributed by atoms with Gasteiger partial charge in [-0.05, 0) is 36.5 Å². The van der Waals surface area contributed by atoms with Crippen LogP contribution in [0.2, 0.25) is 5.82 Å². The molecule has 5 rings (SSSR count). The van der Waals surface area contributed by atoms with E-state index in [1.54, 1.807) is 5.38 Å². The topological polar surface area (TPSA) is 155 Å². The van der Waals surface area contributed by atoms with Crippen LogP contribution in [-0.2, 0) is 43.4 Å². The molecule has 0 bridgehead atoms. The molecule has 2 aromatic carbocycles. The standard InChI is InChI=1S/C32H35BN4O8S/c1-3-12-36-13-14-37(31(41)30(36)40)32(42)35-28(25(38)16-23-15-22-11-7-8-20(2)29(22)45-33(23)43)24-19-46-26(34-24)17-27(39)44-18-21-9-5-4-6-10-21/h4-11,19,23,28,43H,3,12-18H2,1-2H3,(H,35,42)/t23-,28?/m1/s1. The molecule has 12 nitrogen and oxygen atoms in total. The highest BCUT2D eigenvalue weighted by Gasteiger charge is 2.41. The van der Waals surface area contributed by atoms with E-state index in [2.05, 4.69) is 10.3 Å². The van der Waals surface area contributed by atoms with Gasteiger partial charge in [0.2, 0.25) is 0 Å². The molecule has 46 heavy (non-hydrogen) atoms. The minimum Gasteiger partial charge on any atom is -0.536 e. The first-order chi connectivity index (χ1) is 22.1. The van der Waals surface area contributed by atoms with Crippen molar-refractivity contribution in [3.05, 3.63) is 81.3 Å². The second-order valence-corrected chi connectivity index (χ2v) is 12.3. The Hall–Kier alpha value is -4.56. The van der Waals surface area contributed by atoms with Crippen LogP contribution in [-0.4, -0.2) is 76.2 Å². The number of ether oxygens (including phenoxy) is 1. The molecule has 0 aliphatic carbocycles. The third kappa shape index (κ3) is 7.62. The van der Waals surface area contributed by atoms with Crippen molar-refractivity contribution in [2.75, 3.05) is 19.6 Å². The third-order valence-corrected chi connectivity index (χ3v) is 8.79. The van der Waals surface area contributed by atoms with E-state index in [-0.39, 0.29) is 38.2 Å². The van der Waals surface area contributed by atoms with Crippen LogP contribution in [0.5, 0.6) is 5.75 Å². The molecule has 4 amide bonds. The van der Waals surface area contributed by atoms with Crippen LogP contribution in [0.3, 0.4) is 0 Å². The normalized spacial score (nSPS) is 16.8. The Labute approximate surface area is 270 Å². The van der Waals surface area contributed by atoms with Crippen LogP contribution in [0, 0.1) is 6.92 Å². The van der Waals surface area contributed by atoms with Gasteiger partial charge in [0.05, 0.1) is 12.1 Å². The molecule has 1 unspecified atom stereocenters. The molecule has 2 atom stereocenters. The molecule has 3 heterocycles. The number of carbonyl (C=O) groups excluding carboxylic acids is 5. The Bertz CT molecular complexity index is 1620. The summed E-state index contributed by atoms with van der Waals surface area (Å²) in [5.41, 5.74) is 2.71. The number of benzene rings is 2. The molecule has 3 aromatic rings. The number of carbonyl (C=O) groups is 5. The number of imide groups is 1. The molecule has 0 spiro atoms. The number of Topliss-reactive ketones (excluding diaryl/α,β-unsaturated/α-hetero) is 1. The number of nitrogens with zero attached hydrogens (tertiary/aromatic N) is 3. The number of fused-ring (bicyclic) bond motifs is 1. The summed E-state index contributed by atoms with van der Waals surface area (Å²) in [6, 6.07) is 12.6. The van der Waals surface area contributed by atoms with Gasteiger partial charge in [-0.2, -0.15) is 0 Å². The molecule has 240 valence electrons. The Morgan fingerprint density at radius 3 is 2.67 bits per heavy atom. The van der Waals surface area contributed by atoms with E-state index in [0.717, 1.165) is 32.9 Å². The van der Waals surface area contributed by atoms with Gasteiger partial charge < -0.3 is 24.6 Å². The fourth-order valence-corrected chi connectivity index (χ4v) is 6.32. The fourth-order valence-electron chi connectivity index (χ4n) is 5.52. The molecule has 1 aromatic heterocycles. The van der Waals surface area contributed by atoms with Crippen LogP contribution in [0.15, 0.2) is 53.9 Å². The summed E-state index contributed by atoms with van der Waals surface area (Å²) in [5.74, 6) is -2.80. The lowest BCUT2D eigenvalue weighted by molar-refractivity contribution is -0.153. The van der Waals surface area contributed by atoms with Crippen molar-refractivity contribution < 1.29 is 38.4 Å². The highest BCUT2D eigenvalue weighted by atomic mass is 32.1. The van der Waals surface area contributed by atoms with E-state index in [1.807, 2.05) is 62.4 Å². The van der Waals surface area contributed by atoms with Gasteiger partial charge in [-0.15, -0.1) is 11.3 Å². The number of thiazole rings is 1. The first-order valence-electron chi connectivity index (χ1n) is 15.2. The number of ketones is 1. The monoisotopic (exact) mass is 646 g/mol. The third-order valence-electron chi connectivity index (χ3n) is 7.92. The number of amides is 4. The van der Waals surface area contributed by atoms with E-state index in [1.165, 1.54) is 4.90 Å². The second-order valence-electron chi connectivity index (χ2n) is 11.3. The Balaban J connectivity index is 1.32. The van der Waals surface area contributed by atoms with Gasteiger partial charge in [-0.3, -0.25) is 24.1 Å². The van der Waals surface area contributed by atoms with E-state index in [9.17, 15) is 29.0 Å². The van der Waals surface area contributed by atoms with Crippen LogP contribution in [0.4, 0.5) is 4.79 Å². The van der Waals surface area contributed by atoms with Crippen molar-refractivity contribution in [2.24, 2.45) is 0 Å². The summed E-state index contributed by atoms with van der Waals surface area (Å²) >= 11 is 1.12. The molecule has 0 saturated carbocycles. The summed E-state index contributed by atoms with van der Waals surface area (Å²) in [6.07, 6.45) is 0.702. The van der Waals surface area contributed by atoms with Gasteiger partial charge in [0.25, 0.3) is 0 Å². The first-order valence-corrected chi connectivity index (χ1v) is 16.0. The molecule has 2 N–H and O–H groups in total. The largest absolute Gasteiger partial charge is 0.536 e. The van der Waals surface area contributed by atoms with Gasteiger partial charge in [0, 0.05) is 37.3 Å². The predicted octanol–water partition coefficient (Wildman–Crippen LogP) is 3.01. The zero-order valence-electron chi connectivity index (χ0n) is 25.6. The summed E-state index contributed by atoms with van der Waals surface area (Å²) in [7, 11) is -1.26. The smallest absolute Gasteiger partial charge is 0.526 e. The zero-order valence-corrected chi connectivity index (χ0v) is 26.5. The van der Waals surface area contributed by atoms with Crippen molar-refractivity contribution >= 4 is 48.1 Å². The van der Waals surface area contributed by atoms with Crippen molar-refractivity contribution in [1.29, 1.82) is 0 Å². The molecule has 0 radical (unpaired) electrons. The number of aryl methyl sites for hydroxylation is 1. The predicted molar refractivity (Wildman–Crippen MR) is 169 cm³/mol. The van der Waals surface area contributed by atoms with Crippen LogP contribution in [0.1, 0.15) is 53.2 Å². The van der Waals surface area contributed by atoms with Gasteiger partial charge in [-0.1, -0.05) is 55.5 Å². The average Bonchev–Trinajstić information content (AvgIpc) is 3.50. The molecule has 1 fully saturated rings. The van der Waals surface area contributed by atoms with Gasteiger partial charge in [0.15, 0.2) is 5.78 Å². The van der Waals surface area contributed by atoms with Gasteiger partial charge in [-0.25, -0.2) is 9.78 Å². The van der Waals surface area contributed by atoms with E-state index in [0.29, 0.717) is 30.1 Å². The number of rotatable bonds is 11. The highest BCUT2D eigenvalue weighted by Crippen LogP contribution is 2.37. The Morgan fingerprint density at radius 2 is 1.91 bits per heavy atom. The maximum absolute atomic E-state index is 13.8. The van der Waals surface area contributed by atoms with Crippen LogP contribution < -0.4 is 9.97 Å². The van der Waals surface area contributed by atoms with Crippen LogP contribution >= 0.6 is 11.3 Å². The summed E-state index contributed by atoms with van der Waals surface area (Å²) in [5, 5.41) is 15.3. The molecule has 14 heteroatoms. The van der Waals surface area contributed by atoms with Gasteiger partial charge in [0.1, 0.15) is 23.4 Å². The second kappa shape index (κ2) is 14.7. The van der Waals surface area contributed by atoms with E-state index in [4.69, 9.17) is 9.39 Å². The summed E-state index contributed by atoms with van der Waals surface area (Å²) in [6.45, 7) is 4.39. The maximum atomic E-state index is 13.8. The molecular formula is C32H35BN4O8S. The zero-order chi connectivity index (χ0) is 32.8. The Kier molecular flexibility index (Phi) is 10.5. The Morgan fingerprint density at radius 1 is 1.13 bits per heavy atom. The SMILES string of the molecule is CCCN1CCN(C(=O)NC(C(=O)C[C@H]2Cc3cccc(C)c3OB2O)c2csc(CC(=O)OCc3ccccc3)n2)C(=O)C1=O. The minimum atomic E-state index is -1.32. The van der Waals surface area contributed by atoms with Gasteiger partial charge >= 0.3 is 30.9 Å². The first kappa shape index (κ1) is 32.8. The number of nitrogens with one attached hydrogen (secondary N) is 1. The summed E-state index contributed by atoms with van der Waals surface area (Å²) < 4.78 is 11.1. The van der Waals surface area contributed by atoms with E-state index < -0.39 is 48.6 Å². The highest BCUT2D eigenvalue weighted by molar-refractivity contribution is 7.09. The number of aromatic nitrogens is 1. The van der Waals surface area contributed by atoms with Crippen LogP contribution in [0.25, 0.3) is 0 Å². The summed E-state index contributed by atoms with van der Waals surface area (Å²) in [4.78, 5) is 71.8. The van der Waals surface area contributed by atoms with Crippen molar-refractivity contribution in [2.45, 2.75) is 58.0 Å². The van der Waals surface area contributed by atoms with Crippen molar-refractivity contribution in [1.82, 2.24) is 20.1 Å². The maximum Gasteiger partial charge on any atom is 0.526 e. The number of piperazine rings is 1. The fraction of sp³-hybridized carbons (Fsp3) is 0.375. The lowest BCUT2D eigenvalue weighted by Gasteiger charge is -2.33. The van der Waals surface area contributed by atoms with E-state index >= 15 is 0 Å². The average molecular weight is 647 g/mol. The number of hydrogen-bond acceptors (Lipinski definition) is 10. The number of urea groups is 1. The molecule has 1 saturated heterocycles. The lowest BCUT2D eigenvalue weighted by Crippen LogP contribution is -2.59. The molecule has 2 aliphatic rings. The quantitative estimate of drug-likeness (QED) is 0.182. The van der Waals surface area contributed by atoms with Crippen molar-refractivity contribution in [3.8, 4) is 5.75 Å².